The molecule has 0 aromatic heterocycles. The van der Waals surface area contributed by atoms with Gasteiger partial charge in [0, 0.05) is 17.6 Å². The van der Waals surface area contributed by atoms with E-state index in [1.165, 1.54) is 17.0 Å². The van der Waals surface area contributed by atoms with E-state index in [-0.39, 0.29) is 39.2 Å². The largest absolute Gasteiger partial charge is 0.352 e. The minimum Gasteiger partial charge on any atom is -0.352 e. The number of carbonyl (C=O) groups is 2. The van der Waals surface area contributed by atoms with Gasteiger partial charge in [0.1, 0.15) is 12.6 Å². The summed E-state index contributed by atoms with van der Waals surface area (Å²) in [6, 6.07) is 8.42. The van der Waals surface area contributed by atoms with Crippen LogP contribution < -0.4 is 9.62 Å². The summed E-state index contributed by atoms with van der Waals surface area (Å²) < 4.78 is 26.2. The van der Waals surface area contributed by atoms with Crippen molar-refractivity contribution in [3.8, 4) is 0 Å². The van der Waals surface area contributed by atoms with Gasteiger partial charge >= 0.3 is 0 Å². The highest BCUT2D eigenvalue weighted by molar-refractivity contribution is 7.92. The third-order valence-electron chi connectivity index (χ3n) is 5.02. The van der Waals surface area contributed by atoms with Crippen molar-refractivity contribution in [2.75, 3.05) is 17.1 Å². The Bertz CT molecular complexity index is 1170. The molecule has 0 bridgehead atoms. The van der Waals surface area contributed by atoms with E-state index in [0.29, 0.717) is 11.4 Å². The number of hydrogen-bond acceptors (Lipinski definition) is 4. The number of benzene rings is 2. The molecular weight excluding hydrogens is 556 g/mol. The molecule has 0 aliphatic carbocycles. The fourth-order valence-electron chi connectivity index (χ4n) is 3.38. The van der Waals surface area contributed by atoms with Gasteiger partial charge in [-0.3, -0.25) is 13.9 Å². The number of carbonyl (C=O) groups excluding carboxylic acids is 2. The predicted molar refractivity (Wildman–Crippen MR) is 143 cm³/mol. The average Bonchev–Trinajstić information content (AvgIpc) is 2.74. The SMILES string of the molecule is CC[C@H](C(=O)NC(C)C)N(Cc1ccc(Cl)cc1)C(=O)CN(c1cc(Cl)c(Cl)cc1Cl)S(C)(=O)=O. The number of anilines is 1. The Hall–Kier alpha value is -1.71. The fraction of sp³-hybridized carbons (Fsp3) is 0.391. The van der Waals surface area contributed by atoms with Crippen LogP contribution in [0.5, 0.6) is 0 Å². The second-order valence-electron chi connectivity index (χ2n) is 8.22. The summed E-state index contributed by atoms with van der Waals surface area (Å²) in [4.78, 5) is 27.9. The highest BCUT2D eigenvalue weighted by Crippen LogP contribution is 2.35. The van der Waals surface area contributed by atoms with Crippen LogP contribution >= 0.6 is 46.4 Å². The first kappa shape index (κ1) is 29.5. The molecule has 0 fully saturated rings. The molecule has 1 atom stereocenters. The molecule has 2 rings (SSSR count). The number of sulfonamides is 1. The lowest BCUT2D eigenvalue weighted by molar-refractivity contribution is -0.140. The van der Waals surface area contributed by atoms with Gasteiger partial charge in [0.15, 0.2) is 0 Å². The van der Waals surface area contributed by atoms with Crippen molar-refractivity contribution in [3.05, 3.63) is 62.1 Å². The second-order valence-corrected chi connectivity index (χ2v) is 11.8. The number of nitrogens with one attached hydrogen (secondary N) is 1. The maximum Gasteiger partial charge on any atom is 0.244 e. The Balaban J connectivity index is 2.50. The van der Waals surface area contributed by atoms with E-state index in [4.69, 9.17) is 46.4 Å². The van der Waals surface area contributed by atoms with Gasteiger partial charge in [0.05, 0.1) is 27.0 Å². The van der Waals surface area contributed by atoms with Crippen molar-refractivity contribution in [1.82, 2.24) is 10.2 Å². The average molecular weight is 583 g/mol. The number of amides is 2. The molecule has 192 valence electrons. The van der Waals surface area contributed by atoms with Gasteiger partial charge < -0.3 is 10.2 Å². The van der Waals surface area contributed by atoms with Crippen LogP contribution in [0, 0.1) is 0 Å². The molecule has 12 heteroatoms. The molecule has 2 amide bonds. The molecule has 2 aromatic rings. The van der Waals surface area contributed by atoms with Gasteiger partial charge in [-0.1, -0.05) is 65.5 Å². The van der Waals surface area contributed by atoms with E-state index in [0.717, 1.165) is 16.1 Å². The van der Waals surface area contributed by atoms with Crippen LogP contribution in [0.25, 0.3) is 0 Å². The number of halogens is 4. The Morgan fingerprint density at radius 2 is 1.54 bits per heavy atom. The predicted octanol–water partition coefficient (Wildman–Crippen LogP) is 5.40. The quantitative estimate of drug-likeness (QED) is 0.380. The van der Waals surface area contributed by atoms with Crippen LogP contribution in [0.15, 0.2) is 36.4 Å². The topological polar surface area (TPSA) is 86.8 Å². The first-order valence-corrected chi connectivity index (χ1v) is 14.1. The monoisotopic (exact) mass is 581 g/mol. The van der Waals surface area contributed by atoms with Gasteiger partial charge in [-0.15, -0.1) is 0 Å². The van der Waals surface area contributed by atoms with Crippen molar-refractivity contribution < 1.29 is 18.0 Å². The molecule has 0 radical (unpaired) electrons. The van der Waals surface area contributed by atoms with E-state index in [1.54, 1.807) is 31.2 Å². The van der Waals surface area contributed by atoms with Crippen molar-refractivity contribution >= 4 is 73.9 Å². The third kappa shape index (κ3) is 8.15. The summed E-state index contributed by atoms with van der Waals surface area (Å²) in [6.45, 7) is 4.86. The highest BCUT2D eigenvalue weighted by atomic mass is 35.5. The van der Waals surface area contributed by atoms with E-state index in [2.05, 4.69) is 5.32 Å². The molecule has 0 spiro atoms. The Kier molecular flexibility index (Phi) is 10.5. The normalized spacial score (nSPS) is 12.4. The first-order valence-electron chi connectivity index (χ1n) is 10.7. The smallest absolute Gasteiger partial charge is 0.244 e. The van der Waals surface area contributed by atoms with Crippen molar-refractivity contribution in [2.24, 2.45) is 0 Å². The fourth-order valence-corrected chi connectivity index (χ4v) is 5.06. The summed E-state index contributed by atoms with van der Waals surface area (Å²) in [7, 11) is -3.97. The molecule has 35 heavy (non-hydrogen) atoms. The van der Waals surface area contributed by atoms with Gasteiger partial charge in [-0.25, -0.2) is 8.42 Å². The molecule has 0 aliphatic heterocycles. The molecule has 7 nitrogen and oxygen atoms in total. The van der Waals surface area contributed by atoms with Gasteiger partial charge in [-0.2, -0.15) is 0 Å². The van der Waals surface area contributed by atoms with Gasteiger partial charge in [0.25, 0.3) is 0 Å². The lowest BCUT2D eigenvalue weighted by Crippen LogP contribution is -2.53. The van der Waals surface area contributed by atoms with E-state index in [9.17, 15) is 18.0 Å². The van der Waals surface area contributed by atoms with Crippen LogP contribution in [0.3, 0.4) is 0 Å². The Morgan fingerprint density at radius 1 is 0.971 bits per heavy atom. The van der Waals surface area contributed by atoms with Crippen LogP contribution in [0.4, 0.5) is 5.69 Å². The van der Waals surface area contributed by atoms with E-state index in [1.807, 2.05) is 13.8 Å². The molecule has 1 N–H and O–H groups in total. The lowest BCUT2D eigenvalue weighted by atomic mass is 10.1. The van der Waals surface area contributed by atoms with Crippen LogP contribution in [0.1, 0.15) is 32.8 Å². The van der Waals surface area contributed by atoms with Crippen molar-refractivity contribution in [2.45, 2.75) is 45.8 Å². The zero-order valence-corrected chi connectivity index (χ0v) is 23.5. The van der Waals surface area contributed by atoms with Crippen LogP contribution in [-0.2, 0) is 26.2 Å². The summed E-state index contributed by atoms with van der Waals surface area (Å²) in [5, 5.41) is 3.57. The minimum absolute atomic E-state index is 0.00281. The summed E-state index contributed by atoms with van der Waals surface area (Å²) >= 11 is 24.3. The molecule has 0 heterocycles. The lowest BCUT2D eigenvalue weighted by Gasteiger charge is -2.33. The standard InChI is InChI=1S/C23H27Cl4N3O4S/c1-5-20(23(32)28-14(2)3)29(12-15-6-8-16(24)9-7-15)22(31)13-30(35(4,33)34)21-11-18(26)17(25)10-19(21)27/h6-11,14,20H,5,12-13H2,1-4H3,(H,28,32)/t20-/m1/s1. The molecule has 0 saturated carbocycles. The maximum absolute atomic E-state index is 13.6. The first-order chi connectivity index (χ1) is 16.2. The molecular formula is C23H27Cl4N3O4S. The summed E-state index contributed by atoms with van der Waals surface area (Å²) in [5.74, 6) is -0.943. The van der Waals surface area contributed by atoms with Crippen molar-refractivity contribution in [3.63, 3.8) is 0 Å². The Labute approximate surface area is 226 Å². The summed E-state index contributed by atoms with van der Waals surface area (Å²) in [6.07, 6.45) is 1.26. The van der Waals surface area contributed by atoms with E-state index >= 15 is 0 Å². The second kappa shape index (κ2) is 12.5. The highest BCUT2D eigenvalue weighted by Gasteiger charge is 2.32. The molecule has 0 saturated heterocycles. The maximum atomic E-state index is 13.6. The molecule has 0 unspecified atom stereocenters. The van der Waals surface area contributed by atoms with Crippen molar-refractivity contribution in [1.29, 1.82) is 0 Å². The number of rotatable bonds is 10. The summed E-state index contributed by atoms with van der Waals surface area (Å²) in [5.41, 5.74) is 0.722. The van der Waals surface area contributed by atoms with Crippen LogP contribution in [-0.4, -0.2) is 50.0 Å². The molecule has 0 aliphatic rings. The third-order valence-corrected chi connectivity index (χ3v) is 7.42. The molecule has 2 aromatic carbocycles. The van der Waals surface area contributed by atoms with E-state index < -0.39 is 28.5 Å². The van der Waals surface area contributed by atoms with Gasteiger partial charge in [0.2, 0.25) is 21.8 Å². The van der Waals surface area contributed by atoms with Gasteiger partial charge in [-0.05, 0) is 50.1 Å². The number of hydrogen-bond donors (Lipinski definition) is 1. The van der Waals surface area contributed by atoms with Crippen LogP contribution in [0.2, 0.25) is 20.1 Å². The minimum atomic E-state index is -3.97. The zero-order chi connectivity index (χ0) is 26.5. The number of nitrogens with zero attached hydrogens (tertiary/aromatic N) is 2. The Morgan fingerprint density at radius 3 is 2.06 bits per heavy atom. The zero-order valence-electron chi connectivity index (χ0n) is 19.7.